The smallest absolute Gasteiger partial charge is 0.191 e. The highest BCUT2D eigenvalue weighted by Crippen LogP contribution is 2.26. The number of methoxy groups -OCH3 is 1. The average molecular weight is 323 g/mol. The second-order valence-corrected chi connectivity index (χ2v) is 6.26. The molecule has 128 valence electrons. The molecule has 23 heavy (non-hydrogen) atoms. The quantitative estimate of drug-likeness (QED) is 0.624. The van der Waals surface area contributed by atoms with Crippen molar-refractivity contribution in [3.63, 3.8) is 0 Å². The molecule has 1 aliphatic rings. The Kier molecular flexibility index (Phi) is 5.82. The van der Waals surface area contributed by atoms with Crippen LogP contribution in [0.3, 0.4) is 0 Å². The molecule has 1 aromatic rings. The van der Waals surface area contributed by atoms with Crippen molar-refractivity contribution in [2.75, 3.05) is 33.4 Å². The Bertz CT molecular complexity index is 559. The summed E-state index contributed by atoms with van der Waals surface area (Å²) in [5.74, 6) is 0.614. The molecule has 1 aliphatic heterocycles. The largest absolute Gasteiger partial charge is 0.494 e. The number of ether oxygens (including phenoxy) is 2. The van der Waals surface area contributed by atoms with Gasteiger partial charge in [0.1, 0.15) is 0 Å². The van der Waals surface area contributed by atoms with Crippen molar-refractivity contribution in [3.05, 3.63) is 29.6 Å². The van der Waals surface area contributed by atoms with Crippen molar-refractivity contribution < 1.29 is 13.9 Å². The maximum Gasteiger partial charge on any atom is 0.191 e. The van der Waals surface area contributed by atoms with Gasteiger partial charge in [-0.1, -0.05) is 13.0 Å². The molecule has 1 aromatic carbocycles. The Morgan fingerprint density at radius 2 is 2.22 bits per heavy atom. The zero-order chi connectivity index (χ0) is 16.9. The molecule has 0 aliphatic carbocycles. The first-order valence-electron chi connectivity index (χ1n) is 7.93. The normalized spacial score (nSPS) is 18.0. The second kappa shape index (κ2) is 7.64. The van der Waals surface area contributed by atoms with E-state index in [-0.39, 0.29) is 23.0 Å². The number of rotatable bonds is 6. The predicted octanol–water partition coefficient (Wildman–Crippen LogP) is 2.49. The lowest BCUT2D eigenvalue weighted by molar-refractivity contribution is -0.0945. The molecule has 6 heteroatoms. The van der Waals surface area contributed by atoms with E-state index in [1.807, 2.05) is 19.9 Å². The minimum atomic E-state index is -0.361. The molecule has 0 spiro atoms. The standard InChI is InChI=1S/C17H26FN3O2/c1-5-19-16(20-9-17(3)10-23-11-17)21-12(2)13-6-7-15(22-4)14(18)8-13/h6-8,12H,5,9-11H2,1-4H3,(H2,19,20,21). The third kappa shape index (κ3) is 4.58. The van der Waals surface area contributed by atoms with Crippen LogP contribution in [0.15, 0.2) is 23.2 Å². The highest BCUT2D eigenvalue weighted by atomic mass is 19.1. The van der Waals surface area contributed by atoms with Crippen LogP contribution in [0.1, 0.15) is 32.4 Å². The molecular weight excluding hydrogens is 297 g/mol. The minimum Gasteiger partial charge on any atom is -0.494 e. The predicted molar refractivity (Wildman–Crippen MR) is 89.4 cm³/mol. The van der Waals surface area contributed by atoms with Crippen LogP contribution in [0, 0.1) is 11.2 Å². The summed E-state index contributed by atoms with van der Waals surface area (Å²) in [5.41, 5.74) is 0.963. The van der Waals surface area contributed by atoms with Gasteiger partial charge in [-0.05, 0) is 31.5 Å². The van der Waals surface area contributed by atoms with E-state index >= 15 is 0 Å². The maximum absolute atomic E-state index is 13.8. The van der Waals surface area contributed by atoms with E-state index in [4.69, 9.17) is 9.47 Å². The Morgan fingerprint density at radius 1 is 1.48 bits per heavy atom. The first-order valence-corrected chi connectivity index (χ1v) is 7.93. The van der Waals surface area contributed by atoms with Gasteiger partial charge in [-0.3, -0.25) is 4.99 Å². The fraction of sp³-hybridized carbons (Fsp3) is 0.588. The topological polar surface area (TPSA) is 54.9 Å². The van der Waals surface area contributed by atoms with E-state index in [0.29, 0.717) is 6.54 Å². The van der Waals surface area contributed by atoms with Crippen molar-refractivity contribution in [1.82, 2.24) is 10.6 Å². The Labute approximate surface area is 137 Å². The number of halogens is 1. The van der Waals surface area contributed by atoms with Gasteiger partial charge in [0.15, 0.2) is 17.5 Å². The summed E-state index contributed by atoms with van der Waals surface area (Å²) in [6, 6.07) is 4.91. The van der Waals surface area contributed by atoms with E-state index in [0.717, 1.165) is 31.3 Å². The lowest BCUT2D eigenvalue weighted by atomic mass is 9.89. The zero-order valence-electron chi connectivity index (χ0n) is 14.3. The lowest BCUT2D eigenvalue weighted by Crippen LogP contribution is -2.44. The first kappa shape index (κ1) is 17.5. The summed E-state index contributed by atoms with van der Waals surface area (Å²) in [6.45, 7) is 9.11. The van der Waals surface area contributed by atoms with Crippen LogP contribution in [-0.4, -0.2) is 39.4 Å². The second-order valence-electron chi connectivity index (χ2n) is 6.26. The third-order valence-electron chi connectivity index (χ3n) is 3.89. The van der Waals surface area contributed by atoms with E-state index < -0.39 is 0 Å². The van der Waals surface area contributed by atoms with Crippen LogP contribution in [0.4, 0.5) is 4.39 Å². The van der Waals surface area contributed by atoms with Crippen LogP contribution in [-0.2, 0) is 4.74 Å². The third-order valence-corrected chi connectivity index (χ3v) is 3.89. The van der Waals surface area contributed by atoms with E-state index in [2.05, 4.69) is 22.5 Å². The summed E-state index contributed by atoms with van der Waals surface area (Å²) < 4.78 is 24.0. The highest BCUT2D eigenvalue weighted by molar-refractivity contribution is 5.80. The number of nitrogens with zero attached hydrogens (tertiary/aromatic N) is 1. The van der Waals surface area contributed by atoms with Crippen molar-refractivity contribution in [2.24, 2.45) is 10.4 Å². The van der Waals surface area contributed by atoms with Gasteiger partial charge in [0.05, 0.1) is 32.9 Å². The molecule has 0 radical (unpaired) electrons. The van der Waals surface area contributed by atoms with E-state index in [1.54, 1.807) is 6.07 Å². The molecule has 2 rings (SSSR count). The van der Waals surface area contributed by atoms with Gasteiger partial charge in [0, 0.05) is 12.0 Å². The summed E-state index contributed by atoms with van der Waals surface area (Å²) in [5, 5.41) is 6.53. The first-order chi connectivity index (χ1) is 11.0. The zero-order valence-corrected chi connectivity index (χ0v) is 14.3. The van der Waals surface area contributed by atoms with Crippen LogP contribution in [0.25, 0.3) is 0 Å². The Hall–Kier alpha value is -1.82. The molecule has 1 fully saturated rings. The number of nitrogens with one attached hydrogen (secondary N) is 2. The number of benzene rings is 1. The minimum absolute atomic E-state index is 0.0707. The summed E-state index contributed by atoms with van der Waals surface area (Å²) in [6.07, 6.45) is 0. The van der Waals surface area contributed by atoms with Gasteiger partial charge in [0.25, 0.3) is 0 Å². The molecule has 1 atom stereocenters. The summed E-state index contributed by atoms with van der Waals surface area (Å²) in [4.78, 5) is 4.62. The van der Waals surface area contributed by atoms with Crippen LogP contribution >= 0.6 is 0 Å². The highest BCUT2D eigenvalue weighted by Gasteiger charge is 2.33. The van der Waals surface area contributed by atoms with Gasteiger partial charge in [-0.2, -0.15) is 0 Å². The average Bonchev–Trinajstić information content (AvgIpc) is 2.50. The van der Waals surface area contributed by atoms with Crippen molar-refractivity contribution >= 4 is 5.96 Å². The fourth-order valence-electron chi connectivity index (χ4n) is 2.37. The van der Waals surface area contributed by atoms with Crippen molar-refractivity contribution in [1.29, 1.82) is 0 Å². The molecule has 0 aromatic heterocycles. The number of aliphatic imine (C=N–C) groups is 1. The molecule has 0 saturated carbocycles. The molecule has 1 saturated heterocycles. The van der Waals surface area contributed by atoms with Gasteiger partial charge < -0.3 is 20.1 Å². The monoisotopic (exact) mass is 323 g/mol. The lowest BCUT2D eigenvalue weighted by Gasteiger charge is -2.36. The fourth-order valence-corrected chi connectivity index (χ4v) is 2.37. The maximum atomic E-state index is 13.8. The molecule has 2 N–H and O–H groups in total. The van der Waals surface area contributed by atoms with Gasteiger partial charge >= 0.3 is 0 Å². The molecule has 0 bridgehead atoms. The molecule has 1 heterocycles. The Morgan fingerprint density at radius 3 is 2.74 bits per heavy atom. The molecule has 1 unspecified atom stereocenters. The van der Waals surface area contributed by atoms with Crippen LogP contribution in [0.2, 0.25) is 0 Å². The molecule has 0 amide bonds. The Balaban J connectivity index is 2.03. The van der Waals surface area contributed by atoms with Crippen molar-refractivity contribution in [3.8, 4) is 5.75 Å². The van der Waals surface area contributed by atoms with Gasteiger partial charge in [0.2, 0.25) is 0 Å². The molecule has 5 nitrogen and oxygen atoms in total. The summed E-state index contributed by atoms with van der Waals surface area (Å²) >= 11 is 0. The number of guanidine groups is 1. The van der Waals surface area contributed by atoms with Crippen molar-refractivity contribution in [2.45, 2.75) is 26.8 Å². The number of hydrogen-bond donors (Lipinski definition) is 2. The van der Waals surface area contributed by atoms with Gasteiger partial charge in [-0.15, -0.1) is 0 Å². The van der Waals surface area contributed by atoms with E-state index in [1.165, 1.54) is 13.2 Å². The molecular formula is C17H26FN3O2. The number of hydrogen-bond acceptors (Lipinski definition) is 3. The SMILES string of the molecule is CCNC(=NCC1(C)COC1)NC(C)c1ccc(OC)c(F)c1. The van der Waals surface area contributed by atoms with E-state index in [9.17, 15) is 4.39 Å². The van der Waals surface area contributed by atoms with Gasteiger partial charge in [-0.25, -0.2) is 4.39 Å². The van der Waals surface area contributed by atoms with Crippen LogP contribution < -0.4 is 15.4 Å². The van der Waals surface area contributed by atoms with Crippen LogP contribution in [0.5, 0.6) is 5.75 Å². The summed E-state index contributed by atoms with van der Waals surface area (Å²) in [7, 11) is 1.46.